The number of carbonyl (C=O) groups excluding carboxylic acids is 1. The molecule has 0 aliphatic rings. The average Bonchev–Trinajstić information content (AvgIpc) is 3.41. The van der Waals surface area contributed by atoms with Gasteiger partial charge >= 0.3 is 0 Å². The molecule has 0 bridgehead atoms. The Morgan fingerprint density at radius 2 is 2.00 bits per heavy atom. The number of fused-ring (bicyclic) bond motifs is 1. The Bertz CT molecular complexity index is 1160. The van der Waals surface area contributed by atoms with E-state index in [2.05, 4.69) is 29.4 Å². The van der Waals surface area contributed by atoms with Gasteiger partial charge in [0.15, 0.2) is 0 Å². The summed E-state index contributed by atoms with van der Waals surface area (Å²) >= 11 is 3.04. The van der Waals surface area contributed by atoms with Gasteiger partial charge in [-0.2, -0.15) is 0 Å². The van der Waals surface area contributed by atoms with Crippen molar-refractivity contribution in [2.75, 3.05) is 6.54 Å². The molecule has 1 N–H and O–H groups in total. The lowest BCUT2D eigenvalue weighted by molar-refractivity contribution is -0.121. The summed E-state index contributed by atoms with van der Waals surface area (Å²) in [5.74, 6) is 0.0651. The number of amides is 1. The van der Waals surface area contributed by atoms with E-state index in [1.54, 1.807) is 11.3 Å². The van der Waals surface area contributed by atoms with E-state index in [4.69, 9.17) is 0 Å². The standard InChI is InChI=1S/C22H21N3O2S2/c1-2-15(16-7-4-3-5-8-16)11-23-19(26)12-25-14-24-21-20(22(25)27)17(13-29-21)18-9-6-10-28-18/h3-10,13-15H,2,11-12H2,1H3,(H,23,26)/t15-/m0/s1. The Kier molecular flexibility index (Phi) is 5.87. The number of hydrogen-bond acceptors (Lipinski definition) is 5. The van der Waals surface area contributed by atoms with Crippen LogP contribution < -0.4 is 10.9 Å². The summed E-state index contributed by atoms with van der Waals surface area (Å²) in [6.45, 7) is 2.62. The highest BCUT2D eigenvalue weighted by Gasteiger charge is 2.16. The molecule has 4 rings (SSSR count). The van der Waals surface area contributed by atoms with E-state index in [-0.39, 0.29) is 23.9 Å². The Hall–Kier alpha value is -2.77. The van der Waals surface area contributed by atoms with Crippen LogP contribution in [0.2, 0.25) is 0 Å². The summed E-state index contributed by atoms with van der Waals surface area (Å²) in [7, 11) is 0. The van der Waals surface area contributed by atoms with Crippen LogP contribution in [-0.2, 0) is 11.3 Å². The second-order valence-corrected chi connectivity index (χ2v) is 8.61. The first kappa shape index (κ1) is 19.5. The van der Waals surface area contributed by atoms with Gasteiger partial charge in [0.25, 0.3) is 5.56 Å². The van der Waals surface area contributed by atoms with Crippen molar-refractivity contribution in [3.05, 3.63) is 75.5 Å². The minimum atomic E-state index is -0.185. The van der Waals surface area contributed by atoms with Crippen LogP contribution in [0.1, 0.15) is 24.8 Å². The molecule has 0 saturated carbocycles. The van der Waals surface area contributed by atoms with Gasteiger partial charge in [0.05, 0.1) is 11.7 Å². The van der Waals surface area contributed by atoms with Crippen molar-refractivity contribution in [2.45, 2.75) is 25.8 Å². The number of aromatic nitrogens is 2. The van der Waals surface area contributed by atoms with Crippen LogP contribution in [-0.4, -0.2) is 22.0 Å². The third kappa shape index (κ3) is 4.16. The number of hydrogen-bond donors (Lipinski definition) is 1. The highest BCUT2D eigenvalue weighted by Crippen LogP contribution is 2.33. The highest BCUT2D eigenvalue weighted by molar-refractivity contribution is 7.18. The molecule has 0 spiro atoms. The summed E-state index contributed by atoms with van der Waals surface area (Å²) in [5, 5.41) is 7.50. The molecule has 0 fully saturated rings. The van der Waals surface area contributed by atoms with Gasteiger partial charge in [0.1, 0.15) is 11.4 Å². The molecule has 29 heavy (non-hydrogen) atoms. The molecule has 3 aromatic heterocycles. The van der Waals surface area contributed by atoms with Gasteiger partial charge in [-0.25, -0.2) is 4.98 Å². The zero-order valence-corrected chi connectivity index (χ0v) is 17.6. The lowest BCUT2D eigenvalue weighted by Crippen LogP contribution is -2.34. The Morgan fingerprint density at radius 1 is 1.17 bits per heavy atom. The molecule has 7 heteroatoms. The number of nitrogens with one attached hydrogen (secondary N) is 1. The van der Waals surface area contributed by atoms with E-state index in [1.165, 1.54) is 27.8 Å². The maximum Gasteiger partial charge on any atom is 0.263 e. The highest BCUT2D eigenvalue weighted by atomic mass is 32.1. The molecular weight excluding hydrogens is 402 g/mol. The van der Waals surface area contributed by atoms with Gasteiger partial charge in [-0.15, -0.1) is 22.7 Å². The molecular formula is C22H21N3O2S2. The third-order valence-electron chi connectivity index (χ3n) is 4.97. The van der Waals surface area contributed by atoms with Crippen molar-refractivity contribution in [1.29, 1.82) is 0 Å². The van der Waals surface area contributed by atoms with E-state index in [1.807, 2.05) is 41.1 Å². The molecule has 1 aromatic carbocycles. The van der Waals surface area contributed by atoms with Gasteiger partial charge in [0, 0.05) is 28.3 Å². The maximum absolute atomic E-state index is 13.0. The van der Waals surface area contributed by atoms with Crippen molar-refractivity contribution >= 4 is 38.8 Å². The molecule has 0 aliphatic heterocycles. The Labute approximate surface area is 176 Å². The van der Waals surface area contributed by atoms with Crippen LogP contribution in [0.3, 0.4) is 0 Å². The van der Waals surface area contributed by atoms with Gasteiger partial charge in [-0.05, 0) is 23.4 Å². The first-order chi connectivity index (χ1) is 14.2. The molecule has 0 saturated heterocycles. The smallest absolute Gasteiger partial charge is 0.263 e. The molecule has 0 unspecified atom stereocenters. The first-order valence-electron chi connectivity index (χ1n) is 9.49. The molecule has 1 amide bonds. The number of thiophene rings is 2. The number of rotatable bonds is 7. The minimum Gasteiger partial charge on any atom is -0.354 e. The number of benzene rings is 1. The molecule has 0 radical (unpaired) electrons. The van der Waals surface area contributed by atoms with Crippen molar-refractivity contribution < 1.29 is 4.79 Å². The van der Waals surface area contributed by atoms with E-state index < -0.39 is 0 Å². The fourth-order valence-corrected chi connectivity index (χ4v) is 5.08. The van der Waals surface area contributed by atoms with Crippen LogP contribution in [0.5, 0.6) is 0 Å². The SMILES string of the molecule is CC[C@@H](CNC(=O)Cn1cnc2scc(-c3cccs3)c2c1=O)c1ccccc1. The molecule has 4 aromatic rings. The number of nitrogens with zero attached hydrogens (tertiary/aromatic N) is 2. The zero-order valence-electron chi connectivity index (χ0n) is 16.0. The fraction of sp³-hybridized carbons (Fsp3) is 0.227. The van der Waals surface area contributed by atoms with E-state index in [0.29, 0.717) is 16.8 Å². The second-order valence-electron chi connectivity index (χ2n) is 6.80. The average molecular weight is 424 g/mol. The summed E-state index contributed by atoms with van der Waals surface area (Å²) in [6, 6.07) is 14.1. The van der Waals surface area contributed by atoms with Crippen LogP contribution in [0.4, 0.5) is 0 Å². The van der Waals surface area contributed by atoms with Crippen molar-refractivity contribution in [3.63, 3.8) is 0 Å². The normalized spacial score (nSPS) is 12.2. The maximum atomic E-state index is 13.0. The molecule has 1 atom stereocenters. The Balaban J connectivity index is 1.50. The van der Waals surface area contributed by atoms with Crippen LogP contribution >= 0.6 is 22.7 Å². The van der Waals surface area contributed by atoms with Gasteiger partial charge < -0.3 is 5.32 Å². The van der Waals surface area contributed by atoms with Crippen molar-refractivity contribution in [2.24, 2.45) is 0 Å². The fourth-order valence-electron chi connectivity index (χ4n) is 3.36. The summed E-state index contributed by atoms with van der Waals surface area (Å²) in [4.78, 5) is 31.6. The minimum absolute atomic E-state index is 0.0350. The monoisotopic (exact) mass is 423 g/mol. The van der Waals surface area contributed by atoms with Gasteiger partial charge in [0.2, 0.25) is 5.91 Å². The molecule has 3 heterocycles. The summed E-state index contributed by atoms with van der Waals surface area (Å²) < 4.78 is 1.39. The van der Waals surface area contributed by atoms with Crippen LogP contribution in [0, 0.1) is 0 Å². The summed E-state index contributed by atoms with van der Waals surface area (Å²) in [5.41, 5.74) is 1.92. The van der Waals surface area contributed by atoms with E-state index in [0.717, 1.165) is 16.9 Å². The van der Waals surface area contributed by atoms with Crippen LogP contribution in [0.15, 0.2) is 64.3 Å². The lowest BCUT2D eigenvalue weighted by atomic mass is 9.96. The number of carbonyl (C=O) groups is 1. The predicted octanol–water partition coefficient (Wildman–Crippen LogP) is 4.50. The largest absolute Gasteiger partial charge is 0.354 e. The van der Waals surface area contributed by atoms with Crippen molar-refractivity contribution in [3.8, 4) is 10.4 Å². The quantitative estimate of drug-likeness (QED) is 0.476. The van der Waals surface area contributed by atoms with Gasteiger partial charge in [-0.1, -0.05) is 43.3 Å². The zero-order chi connectivity index (χ0) is 20.2. The van der Waals surface area contributed by atoms with E-state index in [9.17, 15) is 9.59 Å². The first-order valence-corrected chi connectivity index (χ1v) is 11.3. The summed E-state index contributed by atoms with van der Waals surface area (Å²) in [6.07, 6.45) is 2.39. The van der Waals surface area contributed by atoms with E-state index >= 15 is 0 Å². The molecule has 148 valence electrons. The molecule has 0 aliphatic carbocycles. The predicted molar refractivity (Wildman–Crippen MR) is 120 cm³/mol. The lowest BCUT2D eigenvalue weighted by Gasteiger charge is -2.16. The van der Waals surface area contributed by atoms with Crippen molar-refractivity contribution in [1.82, 2.24) is 14.9 Å². The third-order valence-corrected chi connectivity index (χ3v) is 6.76. The second kappa shape index (κ2) is 8.71. The van der Waals surface area contributed by atoms with Gasteiger partial charge in [-0.3, -0.25) is 14.2 Å². The molecule has 5 nitrogen and oxygen atoms in total. The Morgan fingerprint density at radius 3 is 2.72 bits per heavy atom. The topological polar surface area (TPSA) is 64.0 Å². The van der Waals surface area contributed by atoms with Crippen LogP contribution in [0.25, 0.3) is 20.7 Å².